The first-order chi connectivity index (χ1) is 10.7. The van der Waals surface area contributed by atoms with Crippen molar-refractivity contribution in [1.29, 1.82) is 0 Å². The SMILES string of the molecule is CC(=O)ON(OC(C)=O)C(C)(C)C(C)(C)N(OC(C)=O)OC(C)=O. The first kappa shape index (κ1) is 21.8. The zero-order valence-electron chi connectivity index (χ0n) is 15.2. The smallest absolute Gasteiger partial charge is 0.326 e. The van der Waals surface area contributed by atoms with E-state index < -0.39 is 35.0 Å². The van der Waals surface area contributed by atoms with E-state index in [2.05, 4.69) is 0 Å². The van der Waals surface area contributed by atoms with Crippen molar-refractivity contribution in [2.75, 3.05) is 0 Å². The lowest BCUT2D eigenvalue weighted by atomic mass is 9.83. The van der Waals surface area contributed by atoms with E-state index in [1.165, 1.54) is 27.7 Å². The van der Waals surface area contributed by atoms with Crippen LogP contribution in [-0.4, -0.2) is 45.4 Å². The van der Waals surface area contributed by atoms with Gasteiger partial charge in [0.15, 0.2) is 0 Å². The van der Waals surface area contributed by atoms with Crippen LogP contribution in [0.4, 0.5) is 0 Å². The summed E-state index contributed by atoms with van der Waals surface area (Å²) in [7, 11) is 0. The second-order valence-corrected chi connectivity index (χ2v) is 5.96. The molecule has 0 bridgehead atoms. The van der Waals surface area contributed by atoms with Crippen LogP contribution in [0.5, 0.6) is 0 Å². The molecule has 0 fully saturated rings. The highest BCUT2D eigenvalue weighted by molar-refractivity contribution is 5.68. The van der Waals surface area contributed by atoms with Gasteiger partial charge in [-0.1, -0.05) is 0 Å². The number of carbonyl (C=O) groups excluding carboxylic acids is 4. The number of carbonyl (C=O) groups is 4. The molecule has 10 heteroatoms. The standard InChI is InChI=1S/C14H24N2O8/c1-9(17)21-15(22-10(2)18)13(5,6)14(7,8)16(23-11(3)19)24-12(4)20/h1-8H3. The summed E-state index contributed by atoms with van der Waals surface area (Å²) in [5, 5.41) is 1.33. The van der Waals surface area contributed by atoms with E-state index in [1.807, 2.05) is 0 Å². The van der Waals surface area contributed by atoms with Crippen LogP contribution < -0.4 is 0 Å². The minimum atomic E-state index is -1.31. The van der Waals surface area contributed by atoms with Crippen molar-refractivity contribution in [3.63, 3.8) is 0 Å². The van der Waals surface area contributed by atoms with E-state index in [-0.39, 0.29) is 0 Å². The predicted octanol–water partition coefficient (Wildman–Crippen LogP) is 1.06. The van der Waals surface area contributed by atoms with Crippen LogP contribution in [0.3, 0.4) is 0 Å². The van der Waals surface area contributed by atoms with Gasteiger partial charge in [-0.15, -0.1) is 0 Å². The zero-order valence-corrected chi connectivity index (χ0v) is 15.2. The second kappa shape index (κ2) is 8.06. The maximum absolute atomic E-state index is 11.3. The Morgan fingerprint density at radius 3 is 0.833 bits per heavy atom. The molecular formula is C14H24N2O8. The monoisotopic (exact) mass is 348 g/mol. The van der Waals surface area contributed by atoms with Crippen LogP contribution in [-0.2, 0) is 38.5 Å². The third-order valence-electron chi connectivity index (χ3n) is 3.26. The fraction of sp³-hybridized carbons (Fsp3) is 0.714. The van der Waals surface area contributed by atoms with E-state index in [1.54, 1.807) is 0 Å². The number of rotatable bonds is 7. The van der Waals surface area contributed by atoms with Gasteiger partial charge < -0.3 is 19.4 Å². The largest absolute Gasteiger partial charge is 0.333 e. The summed E-state index contributed by atoms with van der Waals surface area (Å²) in [6, 6.07) is 0. The summed E-state index contributed by atoms with van der Waals surface area (Å²) >= 11 is 0. The van der Waals surface area contributed by atoms with E-state index in [9.17, 15) is 19.2 Å². The summed E-state index contributed by atoms with van der Waals surface area (Å²) < 4.78 is 0. The van der Waals surface area contributed by atoms with Gasteiger partial charge in [-0.05, 0) is 27.7 Å². The normalized spacial score (nSPS) is 11.9. The van der Waals surface area contributed by atoms with Crippen LogP contribution in [0.15, 0.2) is 0 Å². The maximum atomic E-state index is 11.3. The van der Waals surface area contributed by atoms with Gasteiger partial charge in [0, 0.05) is 38.1 Å². The Hall–Kier alpha value is -2.20. The van der Waals surface area contributed by atoms with Crippen molar-refractivity contribution in [1.82, 2.24) is 10.5 Å². The summed E-state index contributed by atoms with van der Waals surface area (Å²) in [6.45, 7) is 10.6. The first-order valence-electron chi connectivity index (χ1n) is 7.06. The third-order valence-corrected chi connectivity index (χ3v) is 3.26. The number of hydrogen-bond acceptors (Lipinski definition) is 10. The Labute approximate surface area is 140 Å². The van der Waals surface area contributed by atoms with Crippen molar-refractivity contribution >= 4 is 23.9 Å². The summed E-state index contributed by atoms with van der Waals surface area (Å²) in [5.41, 5.74) is -2.62. The first-order valence-corrected chi connectivity index (χ1v) is 7.06. The molecule has 10 nitrogen and oxygen atoms in total. The molecule has 0 spiro atoms. The molecule has 0 atom stereocenters. The third kappa shape index (κ3) is 5.78. The average Bonchev–Trinajstić information content (AvgIpc) is 2.34. The van der Waals surface area contributed by atoms with Gasteiger partial charge in [-0.2, -0.15) is 0 Å². The van der Waals surface area contributed by atoms with Gasteiger partial charge in [0.2, 0.25) is 0 Å². The topological polar surface area (TPSA) is 112 Å². The molecule has 0 aliphatic heterocycles. The Bertz CT molecular complexity index is 437. The van der Waals surface area contributed by atoms with Crippen LogP contribution in [0.25, 0.3) is 0 Å². The van der Waals surface area contributed by atoms with Gasteiger partial charge in [0.05, 0.1) is 0 Å². The molecule has 0 aromatic carbocycles. The number of hydroxylamine groups is 4. The molecule has 0 N–H and O–H groups in total. The van der Waals surface area contributed by atoms with Crippen molar-refractivity contribution in [2.45, 2.75) is 66.5 Å². The van der Waals surface area contributed by atoms with Crippen molar-refractivity contribution in [3.8, 4) is 0 Å². The molecular weight excluding hydrogens is 324 g/mol. The molecule has 0 saturated heterocycles. The Morgan fingerprint density at radius 2 is 0.708 bits per heavy atom. The van der Waals surface area contributed by atoms with Gasteiger partial charge >= 0.3 is 23.9 Å². The molecule has 0 aromatic rings. The van der Waals surface area contributed by atoms with Crippen molar-refractivity contribution in [3.05, 3.63) is 0 Å². The van der Waals surface area contributed by atoms with Crippen molar-refractivity contribution < 1.29 is 38.5 Å². The summed E-state index contributed by atoms with van der Waals surface area (Å²) in [5.74, 6) is -2.98. The van der Waals surface area contributed by atoms with Gasteiger partial charge in [0.25, 0.3) is 0 Å². The molecule has 0 aliphatic carbocycles. The molecule has 24 heavy (non-hydrogen) atoms. The molecule has 0 heterocycles. The quantitative estimate of drug-likeness (QED) is 0.619. The Balaban J connectivity index is 5.81. The van der Waals surface area contributed by atoms with Crippen molar-refractivity contribution in [2.24, 2.45) is 0 Å². The molecule has 0 amide bonds. The molecule has 0 aromatic heterocycles. The van der Waals surface area contributed by atoms with E-state index in [0.29, 0.717) is 10.5 Å². The van der Waals surface area contributed by atoms with Gasteiger partial charge in [-0.3, -0.25) is 19.2 Å². The van der Waals surface area contributed by atoms with Crippen LogP contribution in [0.1, 0.15) is 55.4 Å². The van der Waals surface area contributed by atoms with Crippen LogP contribution in [0.2, 0.25) is 0 Å². The number of nitrogens with zero attached hydrogens (tertiary/aromatic N) is 2. The van der Waals surface area contributed by atoms with Gasteiger partial charge in [-0.25, -0.2) is 0 Å². The molecule has 0 radical (unpaired) electrons. The lowest BCUT2D eigenvalue weighted by Crippen LogP contribution is -2.65. The highest BCUT2D eigenvalue weighted by Gasteiger charge is 2.53. The zero-order chi connectivity index (χ0) is 19.3. The molecule has 0 unspecified atom stereocenters. The summed E-state index contributed by atoms with van der Waals surface area (Å²) in [4.78, 5) is 64.8. The Morgan fingerprint density at radius 1 is 0.542 bits per heavy atom. The molecule has 0 rings (SSSR count). The van der Waals surface area contributed by atoms with Gasteiger partial charge in [0.1, 0.15) is 11.1 Å². The minimum Gasteiger partial charge on any atom is -0.333 e. The molecule has 0 aliphatic rings. The fourth-order valence-corrected chi connectivity index (χ4v) is 1.41. The minimum absolute atomic E-state index is 0.664. The number of hydrogen-bond donors (Lipinski definition) is 0. The van der Waals surface area contributed by atoms with E-state index in [4.69, 9.17) is 19.4 Å². The molecule has 0 saturated carbocycles. The fourth-order valence-electron chi connectivity index (χ4n) is 1.41. The lowest BCUT2D eigenvalue weighted by Gasteiger charge is -2.47. The highest BCUT2D eigenvalue weighted by Crippen LogP contribution is 2.34. The van der Waals surface area contributed by atoms with E-state index in [0.717, 1.165) is 27.7 Å². The highest BCUT2D eigenvalue weighted by atomic mass is 17.0. The predicted molar refractivity (Wildman–Crippen MR) is 78.9 cm³/mol. The molecule has 138 valence electrons. The second-order valence-electron chi connectivity index (χ2n) is 5.96. The van der Waals surface area contributed by atoms with E-state index >= 15 is 0 Å². The Kier molecular flexibility index (Phi) is 7.32. The van der Waals surface area contributed by atoms with Crippen LogP contribution in [0, 0.1) is 0 Å². The maximum Gasteiger partial charge on any atom is 0.326 e. The summed E-state index contributed by atoms with van der Waals surface area (Å²) in [6.07, 6.45) is 0. The lowest BCUT2D eigenvalue weighted by molar-refractivity contribution is -0.427. The van der Waals surface area contributed by atoms with Crippen LogP contribution >= 0.6 is 0 Å². The average molecular weight is 348 g/mol.